The van der Waals surface area contributed by atoms with Gasteiger partial charge in [0.05, 0.1) is 7.11 Å². The van der Waals surface area contributed by atoms with Gasteiger partial charge < -0.3 is 19.7 Å². The van der Waals surface area contributed by atoms with Gasteiger partial charge in [-0.1, -0.05) is 32.8 Å². The molecule has 1 aromatic carbocycles. The van der Waals surface area contributed by atoms with Crippen LogP contribution < -0.4 is 14.8 Å². The molecule has 5 nitrogen and oxygen atoms in total. The number of hydrogen-bond acceptors (Lipinski definition) is 4. The van der Waals surface area contributed by atoms with Gasteiger partial charge in [0.2, 0.25) is 0 Å². The molecule has 3 atom stereocenters. The van der Waals surface area contributed by atoms with Gasteiger partial charge >= 0.3 is 0 Å². The van der Waals surface area contributed by atoms with Gasteiger partial charge in [0.1, 0.15) is 0 Å². The Hall–Kier alpha value is -1.75. The van der Waals surface area contributed by atoms with Gasteiger partial charge in [-0.05, 0) is 48.8 Å². The fraction of sp³-hybridized carbons (Fsp3) is 0.682. The Bertz CT molecular complexity index is 628. The van der Waals surface area contributed by atoms with Gasteiger partial charge in [-0.15, -0.1) is 0 Å². The van der Waals surface area contributed by atoms with Gasteiger partial charge in [-0.3, -0.25) is 4.79 Å². The second kappa shape index (κ2) is 9.45. The predicted octanol–water partition coefficient (Wildman–Crippen LogP) is 3.61. The summed E-state index contributed by atoms with van der Waals surface area (Å²) in [6.07, 6.45) is 6.09. The van der Waals surface area contributed by atoms with E-state index in [-0.39, 0.29) is 12.5 Å². The number of nitrogens with one attached hydrogen (secondary N) is 1. The van der Waals surface area contributed by atoms with Crippen molar-refractivity contribution in [2.24, 2.45) is 11.8 Å². The summed E-state index contributed by atoms with van der Waals surface area (Å²) in [4.78, 5) is 14.0. The maximum absolute atomic E-state index is 12.2. The SMILES string of the molecule is COc1cc(CN[C@H]2CCC[C@@H](C)[C@H]2C)ccc1OCC(=O)N1CCCC1. The Labute approximate surface area is 163 Å². The van der Waals surface area contributed by atoms with E-state index < -0.39 is 0 Å². The quantitative estimate of drug-likeness (QED) is 0.792. The molecule has 1 aromatic rings. The minimum absolute atomic E-state index is 0.0562. The fourth-order valence-corrected chi connectivity index (χ4v) is 4.26. The van der Waals surface area contributed by atoms with Crippen LogP contribution in [0, 0.1) is 11.8 Å². The Morgan fingerprint density at radius 3 is 2.67 bits per heavy atom. The molecule has 1 saturated heterocycles. The van der Waals surface area contributed by atoms with Crippen molar-refractivity contribution < 1.29 is 14.3 Å². The summed E-state index contributed by atoms with van der Waals surface area (Å²) in [5, 5.41) is 3.72. The Kier molecular flexibility index (Phi) is 7.00. The summed E-state index contributed by atoms with van der Waals surface area (Å²) in [6, 6.07) is 6.57. The first-order chi connectivity index (χ1) is 13.1. The maximum Gasteiger partial charge on any atom is 0.260 e. The summed E-state index contributed by atoms with van der Waals surface area (Å²) in [5.41, 5.74) is 1.18. The molecule has 5 heteroatoms. The van der Waals surface area contributed by atoms with E-state index >= 15 is 0 Å². The Balaban J connectivity index is 1.54. The molecule has 0 unspecified atom stereocenters. The van der Waals surface area contributed by atoms with E-state index in [9.17, 15) is 4.79 Å². The highest BCUT2D eigenvalue weighted by Crippen LogP contribution is 2.31. The van der Waals surface area contributed by atoms with Gasteiger partial charge in [0.25, 0.3) is 5.91 Å². The zero-order chi connectivity index (χ0) is 19.2. The van der Waals surface area contributed by atoms with Crippen molar-refractivity contribution in [3.8, 4) is 11.5 Å². The third-order valence-electron chi connectivity index (χ3n) is 6.31. The molecular weight excluding hydrogens is 340 g/mol. The maximum atomic E-state index is 12.2. The lowest BCUT2D eigenvalue weighted by Crippen LogP contribution is -2.40. The molecule has 1 heterocycles. The van der Waals surface area contributed by atoms with Crippen molar-refractivity contribution in [1.29, 1.82) is 0 Å². The molecule has 0 radical (unpaired) electrons. The monoisotopic (exact) mass is 374 g/mol. The van der Waals surface area contributed by atoms with E-state index in [1.165, 1.54) is 24.8 Å². The molecule has 2 fully saturated rings. The molecule has 1 saturated carbocycles. The lowest BCUT2D eigenvalue weighted by Gasteiger charge is -2.34. The molecule has 0 bridgehead atoms. The molecule has 27 heavy (non-hydrogen) atoms. The number of carbonyl (C=O) groups is 1. The topological polar surface area (TPSA) is 50.8 Å². The van der Waals surface area contributed by atoms with E-state index in [1.54, 1.807) is 7.11 Å². The number of likely N-dealkylation sites (tertiary alicyclic amines) is 1. The standard InChI is InChI=1S/C22H34N2O3/c1-16-7-6-8-19(17(16)2)23-14-18-9-10-20(21(13-18)26-3)27-15-22(25)24-11-4-5-12-24/h9-10,13,16-17,19,23H,4-8,11-12,14-15H2,1-3H3/t16-,17-,19+/m1/s1. The Morgan fingerprint density at radius 1 is 1.15 bits per heavy atom. The first kappa shape index (κ1) is 20.0. The highest BCUT2D eigenvalue weighted by molar-refractivity contribution is 5.78. The smallest absolute Gasteiger partial charge is 0.260 e. The first-order valence-corrected chi connectivity index (χ1v) is 10.4. The van der Waals surface area contributed by atoms with E-state index in [4.69, 9.17) is 9.47 Å². The predicted molar refractivity (Wildman–Crippen MR) is 107 cm³/mol. The third kappa shape index (κ3) is 5.16. The summed E-state index contributed by atoms with van der Waals surface area (Å²) in [6.45, 7) is 7.31. The van der Waals surface area contributed by atoms with Crippen molar-refractivity contribution in [2.45, 2.75) is 58.5 Å². The number of methoxy groups -OCH3 is 1. The normalized spacial score (nSPS) is 25.4. The molecule has 3 rings (SSSR count). The number of carbonyl (C=O) groups excluding carboxylic acids is 1. The average molecular weight is 375 g/mol. The molecule has 0 spiro atoms. The van der Waals surface area contributed by atoms with Crippen LogP contribution in [0.5, 0.6) is 11.5 Å². The number of ether oxygens (including phenoxy) is 2. The Morgan fingerprint density at radius 2 is 1.93 bits per heavy atom. The average Bonchev–Trinajstić information content (AvgIpc) is 3.22. The number of hydrogen-bond donors (Lipinski definition) is 1. The molecule has 1 aliphatic carbocycles. The van der Waals surface area contributed by atoms with E-state index in [0.29, 0.717) is 23.5 Å². The summed E-state index contributed by atoms with van der Waals surface area (Å²) < 4.78 is 11.2. The lowest BCUT2D eigenvalue weighted by atomic mass is 9.78. The van der Waals surface area contributed by atoms with Crippen LogP contribution in [0.1, 0.15) is 51.5 Å². The van der Waals surface area contributed by atoms with Crippen molar-refractivity contribution >= 4 is 5.91 Å². The number of nitrogens with zero attached hydrogens (tertiary/aromatic N) is 1. The zero-order valence-electron chi connectivity index (χ0n) is 17.0. The molecule has 1 N–H and O–H groups in total. The van der Waals surface area contributed by atoms with Gasteiger partial charge in [-0.2, -0.15) is 0 Å². The van der Waals surface area contributed by atoms with Gasteiger partial charge in [0.15, 0.2) is 18.1 Å². The largest absolute Gasteiger partial charge is 0.493 e. The van der Waals surface area contributed by atoms with Crippen molar-refractivity contribution in [1.82, 2.24) is 10.2 Å². The number of amides is 1. The highest BCUT2D eigenvalue weighted by atomic mass is 16.5. The van der Waals surface area contributed by atoms with Crippen LogP contribution in [0.25, 0.3) is 0 Å². The third-order valence-corrected chi connectivity index (χ3v) is 6.31. The molecular formula is C22H34N2O3. The van der Waals surface area contributed by atoms with Crippen LogP contribution in [0.15, 0.2) is 18.2 Å². The minimum atomic E-state index is 0.0562. The molecule has 0 aromatic heterocycles. The molecule has 1 amide bonds. The summed E-state index contributed by atoms with van der Waals surface area (Å²) in [7, 11) is 1.65. The second-order valence-electron chi connectivity index (χ2n) is 8.12. The zero-order valence-corrected chi connectivity index (χ0v) is 17.0. The highest BCUT2D eigenvalue weighted by Gasteiger charge is 2.26. The van der Waals surface area contributed by atoms with Gasteiger partial charge in [0, 0.05) is 25.7 Å². The van der Waals surface area contributed by atoms with Crippen molar-refractivity contribution in [3.63, 3.8) is 0 Å². The number of rotatable bonds is 7. The van der Waals surface area contributed by atoms with Crippen LogP contribution in [0.4, 0.5) is 0 Å². The minimum Gasteiger partial charge on any atom is -0.493 e. The fourth-order valence-electron chi connectivity index (χ4n) is 4.26. The van der Waals surface area contributed by atoms with Crippen LogP contribution in [-0.4, -0.2) is 43.7 Å². The van der Waals surface area contributed by atoms with E-state index in [0.717, 1.165) is 38.4 Å². The van der Waals surface area contributed by atoms with E-state index in [1.807, 2.05) is 17.0 Å². The van der Waals surface area contributed by atoms with Gasteiger partial charge in [-0.25, -0.2) is 0 Å². The summed E-state index contributed by atoms with van der Waals surface area (Å²) in [5.74, 6) is 2.87. The van der Waals surface area contributed by atoms with Crippen LogP contribution in [-0.2, 0) is 11.3 Å². The molecule has 2 aliphatic rings. The van der Waals surface area contributed by atoms with Crippen LogP contribution in [0.2, 0.25) is 0 Å². The first-order valence-electron chi connectivity index (χ1n) is 10.4. The van der Waals surface area contributed by atoms with Crippen LogP contribution >= 0.6 is 0 Å². The second-order valence-corrected chi connectivity index (χ2v) is 8.12. The van der Waals surface area contributed by atoms with Crippen LogP contribution in [0.3, 0.4) is 0 Å². The number of benzene rings is 1. The van der Waals surface area contributed by atoms with Crippen molar-refractivity contribution in [3.05, 3.63) is 23.8 Å². The molecule has 150 valence electrons. The summed E-state index contributed by atoms with van der Waals surface area (Å²) >= 11 is 0. The van der Waals surface area contributed by atoms with E-state index in [2.05, 4.69) is 25.2 Å². The van der Waals surface area contributed by atoms with Crippen molar-refractivity contribution in [2.75, 3.05) is 26.8 Å². The lowest BCUT2D eigenvalue weighted by molar-refractivity contribution is -0.132. The molecule has 1 aliphatic heterocycles.